The molecule has 3 aromatic rings. The monoisotopic (exact) mass is 487 g/mol. The number of anilines is 2. The molecular formula is C27H22ClN3O2S. The number of halogens is 1. The van der Waals surface area contributed by atoms with Gasteiger partial charge in [-0.05, 0) is 84.2 Å². The summed E-state index contributed by atoms with van der Waals surface area (Å²) in [6, 6.07) is 21.3. The number of hydrogen-bond acceptors (Lipinski definition) is 4. The minimum atomic E-state index is -0.486. The molecule has 2 heterocycles. The van der Waals surface area contributed by atoms with Gasteiger partial charge in [-0.3, -0.25) is 19.8 Å². The highest BCUT2D eigenvalue weighted by Gasteiger charge is 2.34. The molecule has 5 nitrogen and oxygen atoms in total. The van der Waals surface area contributed by atoms with Gasteiger partial charge in [0, 0.05) is 23.8 Å². The molecule has 0 radical (unpaired) electrons. The van der Waals surface area contributed by atoms with Crippen molar-refractivity contribution in [3.63, 3.8) is 0 Å². The van der Waals surface area contributed by atoms with Crippen molar-refractivity contribution in [1.29, 1.82) is 0 Å². The molecule has 0 unspecified atom stereocenters. The van der Waals surface area contributed by atoms with Crippen LogP contribution in [0.4, 0.5) is 11.4 Å². The Labute approximate surface area is 208 Å². The van der Waals surface area contributed by atoms with Crippen LogP contribution in [0.3, 0.4) is 0 Å². The highest BCUT2D eigenvalue weighted by atomic mass is 35.5. The lowest BCUT2D eigenvalue weighted by atomic mass is 10.0. The maximum Gasteiger partial charge on any atom is 0.270 e. The van der Waals surface area contributed by atoms with E-state index in [-0.39, 0.29) is 10.7 Å². The molecule has 3 aromatic carbocycles. The molecule has 7 heteroatoms. The van der Waals surface area contributed by atoms with Crippen molar-refractivity contribution in [2.75, 3.05) is 16.3 Å². The first-order chi connectivity index (χ1) is 16.4. The summed E-state index contributed by atoms with van der Waals surface area (Å²) in [6.45, 7) is 3.56. The Morgan fingerprint density at radius 2 is 1.88 bits per heavy atom. The van der Waals surface area contributed by atoms with Crippen molar-refractivity contribution >= 4 is 58.2 Å². The molecule has 0 aliphatic carbocycles. The molecule has 0 saturated carbocycles. The van der Waals surface area contributed by atoms with E-state index >= 15 is 0 Å². The SMILES string of the molecule is Cc1cccc(N2C(=O)C(=Cc3ccc4c(c3)CCN4Cc3ccccc3Cl)C(=O)NC2=S)c1. The molecule has 0 atom stereocenters. The van der Waals surface area contributed by atoms with Crippen LogP contribution in [0.1, 0.15) is 22.3 Å². The van der Waals surface area contributed by atoms with E-state index in [4.69, 9.17) is 23.8 Å². The molecular weight excluding hydrogens is 466 g/mol. The standard InChI is InChI=1S/C27H22ClN3O2S/c1-17-5-4-7-21(13-17)31-26(33)22(25(32)29-27(31)34)15-18-9-10-24-19(14-18)11-12-30(24)16-20-6-2-3-8-23(20)28/h2-10,13-15H,11-12,16H2,1H3,(H,29,32,34). The van der Waals surface area contributed by atoms with Crippen LogP contribution in [-0.4, -0.2) is 23.5 Å². The maximum absolute atomic E-state index is 13.3. The van der Waals surface area contributed by atoms with Gasteiger partial charge in [0.25, 0.3) is 11.8 Å². The van der Waals surface area contributed by atoms with E-state index in [1.165, 1.54) is 10.5 Å². The second kappa shape index (κ2) is 9.05. The molecule has 1 N–H and O–H groups in total. The van der Waals surface area contributed by atoms with Gasteiger partial charge >= 0.3 is 0 Å². The summed E-state index contributed by atoms with van der Waals surface area (Å²) in [5.41, 5.74) is 5.88. The molecule has 5 rings (SSSR count). The van der Waals surface area contributed by atoms with E-state index in [1.54, 1.807) is 12.1 Å². The number of rotatable bonds is 4. The van der Waals surface area contributed by atoms with Crippen molar-refractivity contribution in [1.82, 2.24) is 5.32 Å². The average molecular weight is 488 g/mol. The van der Waals surface area contributed by atoms with Crippen LogP contribution < -0.4 is 15.1 Å². The predicted octanol–water partition coefficient (Wildman–Crippen LogP) is 5.04. The summed E-state index contributed by atoms with van der Waals surface area (Å²) in [5.74, 6) is -0.917. The number of carbonyl (C=O) groups excluding carboxylic acids is 2. The van der Waals surface area contributed by atoms with Gasteiger partial charge in [-0.15, -0.1) is 0 Å². The molecule has 1 fully saturated rings. The van der Waals surface area contributed by atoms with Gasteiger partial charge in [0.2, 0.25) is 0 Å². The van der Waals surface area contributed by atoms with Crippen molar-refractivity contribution in [3.8, 4) is 0 Å². The fraction of sp³-hybridized carbons (Fsp3) is 0.148. The number of hydrogen-bond donors (Lipinski definition) is 1. The van der Waals surface area contributed by atoms with Gasteiger partial charge in [0.15, 0.2) is 5.11 Å². The molecule has 2 aliphatic rings. The van der Waals surface area contributed by atoms with Crippen LogP contribution in [0.5, 0.6) is 0 Å². The normalized spacial score (nSPS) is 16.8. The molecule has 0 spiro atoms. The smallest absolute Gasteiger partial charge is 0.270 e. The second-order valence-corrected chi connectivity index (χ2v) is 9.24. The number of benzene rings is 3. The Hall–Kier alpha value is -3.48. The molecule has 0 bridgehead atoms. The number of aryl methyl sites for hydroxylation is 1. The molecule has 2 amide bonds. The van der Waals surface area contributed by atoms with Gasteiger partial charge in [-0.25, -0.2) is 0 Å². The van der Waals surface area contributed by atoms with Crippen LogP contribution >= 0.6 is 23.8 Å². The largest absolute Gasteiger partial charge is 0.367 e. The van der Waals surface area contributed by atoms with Crippen LogP contribution in [0.25, 0.3) is 6.08 Å². The summed E-state index contributed by atoms with van der Waals surface area (Å²) in [4.78, 5) is 29.6. The van der Waals surface area contributed by atoms with Gasteiger partial charge in [-0.1, -0.05) is 48.0 Å². The number of carbonyl (C=O) groups is 2. The number of amides is 2. The van der Waals surface area contributed by atoms with E-state index in [0.717, 1.165) is 46.9 Å². The van der Waals surface area contributed by atoms with E-state index in [1.807, 2.05) is 67.6 Å². The van der Waals surface area contributed by atoms with Gasteiger partial charge in [0.05, 0.1) is 5.69 Å². The highest BCUT2D eigenvalue weighted by Crippen LogP contribution is 2.32. The van der Waals surface area contributed by atoms with Crippen molar-refractivity contribution < 1.29 is 9.59 Å². The minimum absolute atomic E-state index is 0.0565. The molecule has 170 valence electrons. The first-order valence-electron chi connectivity index (χ1n) is 11.0. The Balaban J connectivity index is 1.42. The lowest BCUT2D eigenvalue weighted by Crippen LogP contribution is -2.54. The number of fused-ring (bicyclic) bond motifs is 1. The first kappa shape index (κ1) is 22.3. The Morgan fingerprint density at radius 3 is 2.68 bits per heavy atom. The van der Waals surface area contributed by atoms with Crippen molar-refractivity contribution in [3.05, 3.63) is 99.6 Å². The first-order valence-corrected chi connectivity index (χ1v) is 11.8. The molecule has 34 heavy (non-hydrogen) atoms. The van der Waals surface area contributed by atoms with Crippen molar-refractivity contribution in [2.45, 2.75) is 19.9 Å². The summed E-state index contributed by atoms with van der Waals surface area (Å²) in [5, 5.41) is 3.49. The summed E-state index contributed by atoms with van der Waals surface area (Å²) in [7, 11) is 0. The Morgan fingerprint density at radius 1 is 1.06 bits per heavy atom. The fourth-order valence-corrected chi connectivity index (χ4v) is 4.88. The van der Waals surface area contributed by atoms with E-state index in [0.29, 0.717) is 5.69 Å². The van der Waals surface area contributed by atoms with E-state index in [2.05, 4.69) is 10.2 Å². The molecule has 2 aliphatic heterocycles. The third kappa shape index (κ3) is 4.22. The van der Waals surface area contributed by atoms with Crippen LogP contribution in [0.15, 0.2) is 72.3 Å². The highest BCUT2D eigenvalue weighted by molar-refractivity contribution is 7.80. The second-order valence-electron chi connectivity index (χ2n) is 8.45. The van der Waals surface area contributed by atoms with Gasteiger partial charge in [0.1, 0.15) is 5.57 Å². The van der Waals surface area contributed by atoms with Crippen LogP contribution in [0, 0.1) is 6.92 Å². The minimum Gasteiger partial charge on any atom is -0.367 e. The third-order valence-electron chi connectivity index (χ3n) is 6.09. The molecule has 0 aromatic heterocycles. The summed E-state index contributed by atoms with van der Waals surface area (Å²) < 4.78 is 0. The lowest BCUT2D eigenvalue weighted by molar-refractivity contribution is -0.122. The van der Waals surface area contributed by atoms with Crippen LogP contribution in [0.2, 0.25) is 5.02 Å². The predicted molar refractivity (Wildman–Crippen MR) is 140 cm³/mol. The van der Waals surface area contributed by atoms with Gasteiger partial charge in [-0.2, -0.15) is 0 Å². The summed E-state index contributed by atoms with van der Waals surface area (Å²) >= 11 is 11.6. The van der Waals surface area contributed by atoms with E-state index in [9.17, 15) is 9.59 Å². The number of nitrogens with zero attached hydrogens (tertiary/aromatic N) is 2. The number of thiocarbonyl (C=S) groups is 1. The third-order valence-corrected chi connectivity index (χ3v) is 6.74. The average Bonchev–Trinajstić information content (AvgIpc) is 3.20. The molecule has 1 saturated heterocycles. The Bertz CT molecular complexity index is 1370. The number of nitrogens with one attached hydrogen (secondary N) is 1. The lowest BCUT2D eigenvalue weighted by Gasteiger charge is -2.29. The summed E-state index contributed by atoms with van der Waals surface area (Å²) in [6.07, 6.45) is 2.52. The Kier molecular flexibility index (Phi) is 5.94. The fourth-order valence-electron chi connectivity index (χ4n) is 4.40. The van der Waals surface area contributed by atoms with E-state index < -0.39 is 11.8 Å². The quantitative estimate of drug-likeness (QED) is 0.318. The maximum atomic E-state index is 13.3. The zero-order valence-electron chi connectivity index (χ0n) is 18.5. The zero-order valence-corrected chi connectivity index (χ0v) is 20.1. The topological polar surface area (TPSA) is 52.7 Å². The zero-order chi connectivity index (χ0) is 23.8. The van der Waals surface area contributed by atoms with Gasteiger partial charge < -0.3 is 4.90 Å². The van der Waals surface area contributed by atoms with Crippen molar-refractivity contribution in [2.24, 2.45) is 0 Å². The van der Waals surface area contributed by atoms with Crippen LogP contribution in [-0.2, 0) is 22.6 Å².